The second-order valence-corrected chi connectivity index (χ2v) is 2.25. The van der Waals surface area contributed by atoms with E-state index in [9.17, 15) is 9.59 Å². The largest absolute Gasteiger partial charge is 0.370 e. The minimum Gasteiger partial charge on any atom is -0.370 e. The van der Waals surface area contributed by atoms with Crippen LogP contribution >= 0.6 is 0 Å². The Morgan fingerprint density at radius 1 is 1.45 bits per heavy atom. The van der Waals surface area contributed by atoms with Crippen LogP contribution in [0.25, 0.3) is 0 Å². The molecule has 0 aliphatic heterocycles. The zero-order valence-electron chi connectivity index (χ0n) is 6.46. The summed E-state index contributed by atoms with van der Waals surface area (Å²) in [4.78, 5) is 20.8. The molecule has 0 fully saturated rings. The zero-order valence-corrected chi connectivity index (χ0v) is 6.46. The van der Waals surface area contributed by atoms with Crippen LogP contribution in [0.1, 0.15) is 12.8 Å². The number of amides is 2. The predicted octanol–water partition coefficient (Wildman–Crippen LogP) is -1.67. The van der Waals surface area contributed by atoms with E-state index in [4.69, 9.17) is 11.5 Å². The van der Waals surface area contributed by atoms with Crippen molar-refractivity contribution in [3.8, 4) is 0 Å². The molecule has 0 bridgehead atoms. The first kappa shape index (κ1) is 9.90. The van der Waals surface area contributed by atoms with Crippen molar-refractivity contribution in [3.63, 3.8) is 0 Å². The SMILES string of the molecule is CN[C@@H](CCC(N)=O)C(N)=O. The highest BCUT2D eigenvalue weighted by Crippen LogP contribution is 1.94. The van der Waals surface area contributed by atoms with Crippen molar-refractivity contribution in [2.45, 2.75) is 18.9 Å². The summed E-state index contributed by atoms with van der Waals surface area (Å²) >= 11 is 0. The minimum atomic E-state index is -0.464. The van der Waals surface area contributed by atoms with Crippen LogP contribution in [0.4, 0.5) is 0 Å². The van der Waals surface area contributed by atoms with Gasteiger partial charge in [0, 0.05) is 6.42 Å². The van der Waals surface area contributed by atoms with Crippen molar-refractivity contribution in [1.29, 1.82) is 0 Å². The Bertz CT molecular complexity index is 158. The lowest BCUT2D eigenvalue weighted by Gasteiger charge is -2.09. The van der Waals surface area contributed by atoms with E-state index in [1.165, 1.54) is 0 Å². The molecule has 5 nitrogen and oxygen atoms in total. The second kappa shape index (κ2) is 4.68. The van der Waals surface area contributed by atoms with E-state index < -0.39 is 17.9 Å². The van der Waals surface area contributed by atoms with Crippen molar-refractivity contribution in [3.05, 3.63) is 0 Å². The fourth-order valence-electron chi connectivity index (χ4n) is 0.715. The van der Waals surface area contributed by atoms with Gasteiger partial charge in [0.25, 0.3) is 0 Å². The Morgan fingerprint density at radius 2 is 2.00 bits per heavy atom. The van der Waals surface area contributed by atoms with Gasteiger partial charge in [-0.25, -0.2) is 0 Å². The van der Waals surface area contributed by atoms with Gasteiger partial charge in [-0.2, -0.15) is 0 Å². The maximum absolute atomic E-state index is 10.6. The van der Waals surface area contributed by atoms with Gasteiger partial charge in [-0.15, -0.1) is 0 Å². The number of primary amides is 2. The van der Waals surface area contributed by atoms with E-state index >= 15 is 0 Å². The Labute approximate surface area is 65.1 Å². The number of hydrogen-bond donors (Lipinski definition) is 3. The van der Waals surface area contributed by atoms with Crippen LogP contribution in [0.3, 0.4) is 0 Å². The molecule has 0 aromatic heterocycles. The lowest BCUT2D eigenvalue weighted by atomic mass is 10.1. The van der Waals surface area contributed by atoms with Crippen molar-refractivity contribution < 1.29 is 9.59 Å². The highest BCUT2D eigenvalue weighted by molar-refractivity contribution is 5.81. The molecule has 0 radical (unpaired) electrons. The third kappa shape index (κ3) is 4.32. The number of carbonyl (C=O) groups excluding carboxylic acids is 2. The standard InChI is InChI=1S/C6H13N3O2/c1-9-4(6(8)11)2-3-5(7)10/h4,9H,2-3H2,1H3,(H2,7,10)(H2,8,11)/t4-/m0/s1. The lowest BCUT2D eigenvalue weighted by molar-refractivity contribution is -0.120. The van der Waals surface area contributed by atoms with Gasteiger partial charge in [-0.1, -0.05) is 0 Å². The van der Waals surface area contributed by atoms with Crippen LogP contribution in [-0.2, 0) is 9.59 Å². The minimum absolute atomic E-state index is 0.175. The van der Waals surface area contributed by atoms with Crippen LogP contribution < -0.4 is 16.8 Å². The third-order valence-corrected chi connectivity index (χ3v) is 1.37. The quantitative estimate of drug-likeness (QED) is 0.447. The molecule has 0 aromatic carbocycles. The smallest absolute Gasteiger partial charge is 0.234 e. The van der Waals surface area contributed by atoms with E-state index in [0.717, 1.165) is 0 Å². The molecule has 2 amide bonds. The van der Waals surface area contributed by atoms with Crippen molar-refractivity contribution in [1.82, 2.24) is 5.32 Å². The van der Waals surface area contributed by atoms with E-state index in [1.807, 2.05) is 0 Å². The maximum Gasteiger partial charge on any atom is 0.234 e. The van der Waals surface area contributed by atoms with Crippen LogP contribution in [0.15, 0.2) is 0 Å². The molecule has 0 rings (SSSR count). The summed E-state index contributed by atoms with van der Waals surface area (Å²) in [6.45, 7) is 0. The lowest BCUT2D eigenvalue weighted by Crippen LogP contribution is -2.39. The number of rotatable bonds is 5. The van der Waals surface area contributed by atoms with Gasteiger partial charge in [0.05, 0.1) is 6.04 Å². The van der Waals surface area contributed by atoms with Crippen LogP contribution in [0.5, 0.6) is 0 Å². The summed E-state index contributed by atoms with van der Waals surface area (Å²) in [5, 5.41) is 2.67. The highest BCUT2D eigenvalue weighted by atomic mass is 16.1. The fraction of sp³-hybridized carbons (Fsp3) is 0.667. The number of nitrogens with two attached hydrogens (primary N) is 2. The number of carbonyl (C=O) groups is 2. The normalized spacial score (nSPS) is 12.5. The van der Waals surface area contributed by atoms with Crippen LogP contribution in [0.2, 0.25) is 0 Å². The third-order valence-electron chi connectivity index (χ3n) is 1.37. The van der Waals surface area contributed by atoms with E-state index in [2.05, 4.69) is 5.32 Å². The molecule has 0 saturated heterocycles. The molecule has 0 unspecified atom stereocenters. The van der Waals surface area contributed by atoms with Crippen LogP contribution in [0, 0.1) is 0 Å². The predicted molar refractivity (Wildman–Crippen MR) is 40.5 cm³/mol. The zero-order chi connectivity index (χ0) is 8.85. The average Bonchev–Trinajstić information content (AvgIpc) is 1.87. The molecular weight excluding hydrogens is 146 g/mol. The number of hydrogen-bond acceptors (Lipinski definition) is 3. The summed E-state index contributed by atoms with van der Waals surface area (Å²) in [5.74, 6) is -0.889. The Morgan fingerprint density at radius 3 is 2.27 bits per heavy atom. The monoisotopic (exact) mass is 159 g/mol. The van der Waals surface area contributed by atoms with E-state index in [1.54, 1.807) is 7.05 Å². The maximum atomic E-state index is 10.6. The fourth-order valence-corrected chi connectivity index (χ4v) is 0.715. The van der Waals surface area contributed by atoms with Gasteiger partial charge < -0.3 is 16.8 Å². The number of likely N-dealkylation sites (N-methyl/N-ethyl adjacent to an activating group) is 1. The second-order valence-electron chi connectivity index (χ2n) is 2.25. The summed E-state index contributed by atoms with van der Waals surface area (Å²) in [6.07, 6.45) is 0.537. The molecule has 0 aromatic rings. The van der Waals surface area contributed by atoms with Gasteiger partial charge in [0.1, 0.15) is 0 Å². The first-order chi connectivity index (χ1) is 5.07. The van der Waals surface area contributed by atoms with Gasteiger partial charge >= 0.3 is 0 Å². The van der Waals surface area contributed by atoms with Gasteiger partial charge in [-0.3, -0.25) is 9.59 Å². The first-order valence-electron chi connectivity index (χ1n) is 3.32. The summed E-state index contributed by atoms with van der Waals surface area (Å²) < 4.78 is 0. The molecular formula is C6H13N3O2. The van der Waals surface area contributed by atoms with Crippen molar-refractivity contribution >= 4 is 11.8 Å². The molecule has 0 spiro atoms. The molecule has 0 saturated carbocycles. The summed E-state index contributed by atoms with van der Waals surface area (Å²) in [5.41, 5.74) is 9.86. The van der Waals surface area contributed by atoms with Gasteiger partial charge in [0.15, 0.2) is 0 Å². The number of nitrogens with one attached hydrogen (secondary N) is 1. The molecule has 5 heteroatoms. The molecule has 5 N–H and O–H groups in total. The molecule has 0 aliphatic rings. The first-order valence-corrected chi connectivity index (χ1v) is 3.32. The van der Waals surface area contributed by atoms with Crippen molar-refractivity contribution in [2.24, 2.45) is 11.5 Å². The van der Waals surface area contributed by atoms with Crippen LogP contribution in [-0.4, -0.2) is 24.9 Å². The molecule has 64 valence electrons. The molecule has 0 aliphatic carbocycles. The molecule has 11 heavy (non-hydrogen) atoms. The average molecular weight is 159 g/mol. The highest BCUT2D eigenvalue weighted by Gasteiger charge is 2.12. The topological polar surface area (TPSA) is 98.2 Å². The molecule has 1 atom stereocenters. The summed E-state index contributed by atoms with van der Waals surface area (Å²) in [6, 6.07) is -0.456. The van der Waals surface area contributed by atoms with Gasteiger partial charge in [-0.05, 0) is 13.5 Å². The Balaban J connectivity index is 3.70. The Kier molecular flexibility index (Phi) is 4.21. The summed E-state index contributed by atoms with van der Waals surface area (Å²) in [7, 11) is 1.61. The van der Waals surface area contributed by atoms with E-state index in [-0.39, 0.29) is 6.42 Å². The van der Waals surface area contributed by atoms with Crippen molar-refractivity contribution in [2.75, 3.05) is 7.05 Å². The van der Waals surface area contributed by atoms with Gasteiger partial charge in [0.2, 0.25) is 11.8 Å². The Hall–Kier alpha value is -1.10. The van der Waals surface area contributed by atoms with E-state index in [0.29, 0.717) is 6.42 Å². The molecule has 0 heterocycles.